The Morgan fingerprint density at radius 3 is 2.60 bits per heavy atom. The van der Waals surface area contributed by atoms with Crippen molar-refractivity contribution in [3.05, 3.63) is 53.1 Å². The van der Waals surface area contributed by atoms with Gasteiger partial charge in [0.2, 0.25) is 5.95 Å². The van der Waals surface area contributed by atoms with Crippen LogP contribution in [0.2, 0.25) is 0 Å². The number of aromatic nitrogens is 2. The molecule has 1 aromatic carbocycles. The number of nitrogens with one attached hydrogen (secondary N) is 1. The summed E-state index contributed by atoms with van der Waals surface area (Å²) < 4.78 is 12.9. The summed E-state index contributed by atoms with van der Waals surface area (Å²) in [6.07, 6.45) is 4.15. The van der Waals surface area contributed by atoms with Crippen LogP contribution < -0.4 is 10.2 Å². The minimum absolute atomic E-state index is 0.203. The summed E-state index contributed by atoms with van der Waals surface area (Å²) in [5.41, 5.74) is 2.17. The van der Waals surface area contributed by atoms with Crippen molar-refractivity contribution in [2.45, 2.75) is 32.6 Å². The summed E-state index contributed by atoms with van der Waals surface area (Å²) in [4.78, 5) is 23.5. The predicted molar refractivity (Wildman–Crippen MR) is 95.3 cm³/mol. The number of carbonyl (C=O) groups is 1. The minimum atomic E-state index is -0.255. The predicted octanol–water partition coefficient (Wildman–Crippen LogP) is 2.89. The van der Waals surface area contributed by atoms with Gasteiger partial charge in [-0.1, -0.05) is 12.1 Å². The molecule has 0 bridgehead atoms. The normalized spacial score (nSPS) is 14.4. The van der Waals surface area contributed by atoms with Gasteiger partial charge in [-0.2, -0.15) is 0 Å². The molecule has 0 spiro atoms. The lowest BCUT2D eigenvalue weighted by atomic mass is 10.1. The maximum absolute atomic E-state index is 12.9. The molecular weight excluding hydrogens is 319 g/mol. The molecule has 6 heteroatoms. The molecule has 25 heavy (non-hydrogen) atoms. The molecule has 0 atom stereocenters. The lowest BCUT2D eigenvalue weighted by Crippen LogP contribution is -2.32. The molecular formula is C19H23FN4O. The van der Waals surface area contributed by atoms with Gasteiger partial charge in [-0.05, 0) is 56.4 Å². The average molecular weight is 342 g/mol. The lowest BCUT2D eigenvalue weighted by molar-refractivity contribution is 0.0949. The van der Waals surface area contributed by atoms with Crippen LogP contribution in [0.5, 0.6) is 0 Å². The van der Waals surface area contributed by atoms with Gasteiger partial charge < -0.3 is 10.2 Å². The molecule has 3 rings (SSSR count). The number of benzene rings is 1. The number of hydrogen-bond acceptors (Lipinski definition) is 4. The fraction of sp³-hybridized carbons (Fsp3) is 0.421. The van der Waals surface area contributed by atoms with Crippen molar-refractivity contribution in [2.75, 3.05) is 24.5 Å². The van der Waals surface area contributed by atoms with E-state index in [1.807, 2.05) is 6.92 Å². The van der Waals surface area contributed by atoms with Gasteiger partial charge in [0.15, 0.2) is 0 Å². The molecule has 132 valence electrons. The minimum Gasteiger partial charge on any atom is -0.350 e. The van der Waals surface area contributed by atoms with Gasteiger partial charge in [0.1, 0.15) is 11.5 Å². The van der Waals surface area contributed by atoms with E-state index in [0.717, 1.165) is 37.2 Å². The Balaban J connectivity index is 1.61. The van der Waals surface area contributed by atoms with Crippen LogP contribution in [-0.4, -0.2) is 35.5 Å². The number of halogens is 1. The monoisotopic (exact) mass is 342 g/mol. The van der Waals surface area contributed by atoms with Crippen LogP contribution in [0.1, 0.15) is 41.0 Å². The first-order valence-corrected chi connectivity index (χ1v) is 8.75. The van der Waals surface area contributed by atoms with Gasteiger partial charge in [-0.25, -0.2) is 14.4 Å². The van der Waals surface area contributed by atoms with Crippen LogP contribution in [0.4, 0.5) is 10.3 Å². The third-order valence-electron chi connectivity index (χ3n) is 4.33. The van der Waals surface area contributed by atoms with Crippen LogP contribution in [0.3, 0.4) is 0 Å². The van der Waals surface area contributed by atoms with E-state index in [9.17, 15) is 9.18 Å². The van der Waals surface area contributed by atoms with Crippen molar-refractivity contribution in [3.8, 4) is 0 Å². The highest BCUT2D eigenvalue weighted by molar-refractivity contribution is 5.92. The number of nitrogens with zero attached hydrogens (tertiary/aromatic N) is 3. The van der Waals surface area contributed by atoms with Gasteiger partial charge in [0.25, 0.3) is 5.91 Å². The highest BCUT2D eigenvalue weighted by Crippen LogP contribution is 2.16. The van der Waals surface area contributed by atoms with E-state index >= 15 is 0 Å². The van der Waals surface area contributed by atoms with Gasteiger partial charge in [0, 0.05) is 25.3 Å². The molecule has 1 aliphatic heterocycles. The summed E-state index contributed by atoms with van der Waals surface area (Å²) in [5.74, 6) is 0.184. The van der Waals surface area contributed by atoms with Crippen molar-refractivity contribution in [3.63, 3.8) is 0 Å². The number of piperidine rings is 1. The van der Waals surface area contributed by atoms with Gasteiger partial charge in [0.05, 0.1) is 0 Å². The molecule has 1 N–H and O–H groups in total. The number of aryl methyl sites for hydroxylation is 1. The zero-order chi connectivity index (χ0) is 17.6. The Hall–Kier alpha value is -2.50. The van der Waals surface area contributed by atoms with E-state index in [4.69, 9.17) is 0 Å². The van der Waals surface area contributed by atoms with Crippen LogP contribution in [0.15, 0.2) is 30.3 Å². The van der Waals surface area contributed by atoms with E-state index in [-0.39, 0.29) is 11.7 Å². The Bertz CT molecular complexity index is 727. The zero-order valence-corrected chi connectivity index (χ0v) is 14.5. The fourth-order valence-electron chi connectivity index (χ4n) is 2.97. The second kappa shape index (κ2) is 8.05. The first-order chi connectivity index (χ1) is 12.1. The Morgan fingerprint density at radius 1 is 1.16 bits per heavy atom. The molecule has 5 nitrogen and oxygen atoms in total. The van der Waals surface area contributed by atoms with Crippen molar-refractivity contribution in [1.29, 1.82) is 0 Å². The van der Waals surface area contributed by atoms with E-state index in [2.05, 4.69) is 20.2 Å². The lowest BCUT2D eigenvalue weighted by Gasteiger charge is -2.27. The summed E-state index contributed by atoms with van der Waals surface area (Å²) in [5, 5.41) is 2.88. The quantitative estimate of drug-likeness (QED) is 0.908. The number of rotatable bonds is 5. The van der Waals surface area contributed by atoms with Crippen molar-refractivity contribution in [1.82, 2.24) is 15.3 Å². The summed E-state index contributed by atoms with van der Waals surface area (Å²) in [7, 11) is 0. The highest BCUT2D eigenvalue weighted by atomic mass is 19.1. The van der Waals surface area contributed by atoms with E-state index in [1.54, 1.807) is 18.2 Å². The summed E-state index contributed by atoms with van der Waals surface area (Å²) >= 11 is 0. The largest absolute Gasteiger partial charge is 0.350 e. The van der Waals surface area contributed by atoms with Crippen LogP contribution in [-0.2, 0) is 6.42 Å². The number of anilines is 1. The number of carbonyl (C=O) groups excluding carboxylic acids is 1. The van der Waals surface area contributed by atoms with Crippen LogP contribution in [0.25, 0.3) is 0 Å². The Morgan fingerprint density at radius 2 is 1.88 bits per heavy atom. The van der Waals surface area contributed by atoms with Gasteiger partial charge in [-0.3, -0.25) is 4.79 Å². The third kappa shape index (κ3) is 4.75. The fourth-order valence-corrected chi connectivity index (χ4v) is 2.97. The molecule has 0 radical (unpaired) electrons. The molecule has 2 aromatic rings. The summed E-state index contributed by atoms with van der Waals surface area (Å²) in [6, 6.07) is 8.02. The molecule has 1 aliphatic rings. The van der Waals surface area contributed by atoms with Crippen molar-refractivity contribution >= 4 is 11.9 Å². The molecule has 1 fully saturated rings. The average Bonchev–Trinajstić information content (AvgIpc) is 2.63. The molecule has 0 aliphatic carbocycles. The third-order valence-corrected chi connectivity index (χ3v) is 4.33. The first-order valence-electron chi connectivity index (χ1n) is 8.75. The first kappa shape index (κ1) is 17.3. The number of hydrogen-bond donors (Lipinski definition) is 1. The molecule has 1 saturated heterocycles. The SMILES string of the molecule is Cc1cc(C(=O)NCCc2ccc(F)cc2)nc(N2CCCCC2)n1. The van der Waals surface area contributed by atoms with Crippen LogP contribution in [0, 0.1) is 12.7 Å². The zero-order valence-electron chi connectivity index (χ0n) is 14.5. The Kier molecular flexibility index (Phi) is 5.58. The molecule has 2 heterocycles. The second-order valence-corrected chi connectivity index (χ2v) is 6.37. The topological polar surface area (TPSA) is 58.1 Å². The molecule has 0 saturated carbocycles. The standard InChI is InChI=1S/C19H23FN4O/c1-14-13-17(23-19(22-14)24-11-3-2-4-12-24)18(25)21-10-9-15-5-7-16(20)8-6-15/h5-8,13H,2-4,9-12H2,1H3,(H,21,25). The molecule has 0 unspecified atom stereocenters. The van der Waals surface area contributed by atoms with Gasteiger partial charge >= 0.3 is 0 Å². The van der Waals surface area contributed by atoms with Gasteiger partial charge in [-0.15, -0.1) is 0 Å². The highest BCUT2D eigenvalue weighted by Gasteiger charge is 2.17. The molecule has 1 amide bonds. The second-order valence-electron chi connectivity index (χ2n) is 6.37. The maximum Gasteiger partial charge on any atom is 0.270 e. The van der Waals surface area contributed by atoms with Crippen molar-refractivity contribution < 1.29 is 9.18 Å². The number of amides is 1. The van der Waals surface area contributed by atoms with E-state index in [0.29, 0.717) is 24.6 Å². The maximum atomic E-state index is 12.9. The Labute approximate surface area is 147 Å². The smallest absolute Gasteiger partial charge is 0.270 e. The van der Waals surface area contributed by atoms with E-state index < -0.39 is 0 Å². The summed E-state index contributed by atoms with van der Waals surface area (Å²) in [6.45, 7) is 4.24. The van der Waals surface area contributed by atoms with Crippen molar-refractivity contribution in [2.24, 2.45) is 0 Å². The van der Waals surface area contributed by atoms with Crippen LogP contribution >= 0.6 is 0 Å². The molecule has 1 aromatic heterocycles. The van der Waals surface area contributed by atoms with E-state index in [1.165, 1.54) is 18.6 Å².